The molecule has 0 aliphatic carbocycles. The lowest BCUT2D eigenvalue weighted by Gasteiger charge is -2.39. The lowest BCUT2D eigenvalue weighted by molar-refractivity contribution is -0.163. The Hall–Kier alpha value is -1.39. The predicted molar refractivity (Wildman–Crippen MR) is 54.2 cm³/mol. The maximum absolute atomic E-state index is 12.2. The van der Waals surface area contributed by atoms with Gasteiger partial charge in [0.25, 0.3) is 5.91 Å². The molecule has 3 unspecified atom stereocenters. The van der Waals surface area contributed by atoms with Crippen molar-refractivity contribution in [3.63, 3.8) is 0 Å². The second kappa shape index (κ2) is 3.06. The monoisotopic (exact) mass is 222 g/mol. The first-order valence-corrected chi connectivity index (χ1v) is 5.79. The molecule has 0 aromatic rings. The van der Waals surface area contributed by atoms with Gasteiger partial charge >= 0.3 is 0 Å². The van der Waals surface area contributed by atoms with Crippen molar-refractivity contribution in [1.82, 2.24) is 9.80 Å². The summed E-state index contributed by atoms with van der Waals surface area (Å²) >= 11 is 0. The Bertz CT molecular complexity index is 393. The van der Waals surface area contributed by atoms with Crippen LogP contribution in [0, 0.1) is 0 Å². The molecule has 3 fully saturated rings. The zero-order valence-corrected chi connectivity index (χ0v) is 9.18. The van der Waals surface area contributed by atoms with Gasteiger partial charge in [-0.25, -0.2) is 0 Å². The van der Waals surface area contributed by atoms with Crippen LogP contribution >= 0.6 is 0 Å². The molecule has 3 aliphatic rings. The van der Waals surface area contributed by atoms with Crippen LogP contribution in [0.2, 0.25) is 0 Å². The Labute approximate surface area is 93.4 Å². The van der Waals surface area contributed by atoms with E-state index in [4.69, 9.17) is 0 Å². The van der Waals surface area contributed by atoms with Gasteiger partial charge in [-0.3, -0.25) is 19.3 Å². The van der Waals surface area contributed by atoms with E-state index in [1.807, 2.05) is 6.92 Å². The van der Waals surface area contributed by atoms with Crippen molar-refractivity contribution in [1.29, 1.82) is 0 Å². The molecular weight excluding hydrogens is 208 g/mol. The van der Waals surface area contributed by atoms with Crippen LogP contribution in [0.25, 0.3) is 0 Å². The van der Waals surface area contributed by atoms with E-state index in [9.17, 15) is 14.4 Å². The molecule has 0 bridgehead atoms. The lowest BCUT2D eigenvalue weighted by atomic mass is 10.1. The molecule has 3 rings (SSSR count). The van der Waals surface area contributed by atoms with Gasteiger partial charge < -0.3 is 4.90 Å². The van der Waals surface area contributed by atoms with E-state index in [0.717, 1.165) is 6.42 Å². The number of hydrogen-bond donors (Lipinski definition) is 0. The molecule has 0 N–H and O–H groups in total. The first-order chi connectivity index (χ1) is 7.61. The standard InChI is InChI=1S/C11H14N2O3/c1-6-2-3-7-11(16)13-8(4-5-9(13)14)10(15)12(6)7/h6-8H,2-5H2,1H3. The molecule has 0 spiro atoms. The van der Waals surface area contributed by atoms with E-state index in [1.165, 1.54) is 4.90 Å². The van der Waals surface area contributed by atoms with Gasteiger partial charge in [0.15, 0.2) is 0 Å². The summed E-state index contributed by atoms with van der Waals surface area (Å²) in [5.74, 6) is -0.362. The molecule has 5 heteroatoms. The minimum atomic E-state index is -0.503. The summed E-state index contributed by atoms with van der Waals surface area (Å²) in [7, 11) is 0. The Morgan fingerprint density at radius 2 is 1.75 bits per heavy atom. The van der Waals surface area contributed by atoms with Gasteiger partial charge in [0.1, 0.15) is 12.1 Å². The summed E-state index contributed by atoms with van der Waals surface area (Å²) in [6.07, 6.45) is 2.38. The molecule has 0 aromatic heterocycles. The predicted octanol–water partition coefficient (Wildman–Crippen LogP) is -0.103. The smallest absolute Gasteiger partial charge is 0.252 e. The summed E-state index contributed by atoms with van der Waals surface area (Å²) in [5, 5.41) is 0. The maximum Gasteiger partial charge on any atom is 0.252 e. The van der Waals surface area contributed by atoms with Crippen molar-refractivity contribution in [2.45, 2.75) is 50.7 Å². The fourth-order valence-electron chi connectivity index (χ4n) is 3.12. The fourth-order valence-corrected chi connectivity index (χ4v) is 3.12. The van der Waals surface area contributed by atoms with Crippen LogP contribution in [0.15, 0.2) is 0 Å². The van der Waals surface area contributed by atoms with Crippen molar-refractivity contribution in [3.05, 3.63) is 0 Å². The molecule has 3 atom stereocenters. The van der Waals surface area contributed by atoms with Crippen LogP contribution in [0.5, 0.6) is 0 Å². The van der Waals surface area contributed by atoms with Crippen LogP contribution in [0.4, 0.5) is 0 Å². The van der Waals surface area contributed by atoms with Crippen molar-refractivity contribution < 1.29 is 14.4 Å². The van der Waals surface area contributed by atoms with Crippen LogP contribution in [-0.4, -0.2) is 45.6 Å². The van der Waals surface area contributed by atoms with Crippen LogP contribution in [0.1, 0.15) is 32.6 Å². The van der Waals surface area contributed by atoms with Crippen LogP contribution in [-0.2, 0) is 14.4 Å². The van der Waals surface area contributed by atoms with Crippen molar-refractivity contribution in [3.8, 4) is 0 Å². The highest BCUT2D eigenvalue weighted by atomic mass is 16.2. The van der Waals surface area contributed by atoms with Crippen molar-refractivity contribution in [2.24, 2.45) is 0 Å². The van der Waals surface area contributed by atoms with Gasteiger partial charge in [-0.2, -0.15) is 0 Å². The highest BCUT2D eigenvalue weighted by molar-refractivity contribution is 6.08. The first kappa shape index (κ1) is 9.81. The summed E-state index contributed by atoms with van der Waals surface area (Å²) in [5.41, 5.74) is 0. The Morgan fingerprint density at radius 1 is 1.00 bits per heavy atom. The number of hydrogen-bond acceptors (Lipinski definition) is 3. The molecule has 86 valence electrons. The Kier molecular flexibility index (Phi) is 1.87. The highest BCUT2D eigenvalue weighted by Crippen LogP contribution is 2.35. The molecule has 3 saturated heterocycles. The molecule has 0 radical (unpaired) electrons. The number of carbonyl (C=O) groups is 3. The third-order valence-electron chi connectivity index (χ3n) is 3.94. The number of fused-ring (bicyclic) bond motifs is 2. The Balaban J connectivity index is 2.00. The molecule has 3 heterocycles. The van der Waals surface area contributed by atoms with Gasteiger partial charge in [-0.05, 0) is 26.2 Å². The second-order valence-corrected chi connectivity index (χ2v) is 4.84. The average Bonchev–Trinajstić information content (AvgIpc) is 2.80. The quantitative estimate of drug-likeness (QED) is 0.538. The summed E-state index contributed by atoms with van der Waals surface area (Å²) in [6, 6.07) is -0.739. The van der Waals surface area contributed by atoms with Crippen molar-refractivity contribution in [2.75, 3.05) is 0 Å². The number of nitrogens with zero attached hydrogens (tertiary/aromatic N) is 2. The van der Waals surface area contributed by atoms with Gasteiger partial charge in [0.05, 0.1) is 0 Å². The minimum Gasteiger partial charge on any atom is -0.326 e. The second-order valence-electron chi connectivity index (χ2n) is 4.84. The number of amides is 3. The number of piperazine rings is 1. The van der Waals surface area contributed by atoms with E-state index >= 15 is 0 Å². The summed E-state index contributed by atoms with van der Waals surface area (Å²) in [6.45, 7) is 1.97. The topological polar surface area (TPSA) is 57.7 Å². The van der Waals surface area contributed by atoms with E-state index in [-0.39, 0.29) is 29.8 Å². The van der Waals surface area contributed by atoms with E-state index in [2.05, 4.69) is 0 Å². The fraction of sp³-hybridized carbons (Fsp3) is 0.727. The first-order valence-electron chi connectivity index (χ1n) is 5.79. The molecule has 0 aromatic carbocycles. The molecule has 16 heavy (non-hydrogen) atoms. The third kappa shape index (κ3) is 1.03. The third-order valence-corrected chi connectivity index (χ3v) is 3.94. The lowest BCUT2D eigenvalue weighted by Crippen LogP contribution is -2.62. The Morgan fingerprint density at radius 3 is 2.50 bits per heavy atom. The van der Waals surface area contributed by atoms with Gasteiger partial charge in [-0.15, -0.1) is 0 Å². The molecular formula is C11H14N2O3. The zero-order chi connectivity index (χ0) is 11.4. The van der Waals surface area contributed by atoms with Crippen LogP contribution < -0.4 is 0 Å². The summed E-state index contributed by atoms with van der Waals surface area (Å²) in [4.78, 5) is 38.7. The van der Waals surface area contributed by atoms with Gasteiger partial charge in [0, 0.05) is 12.5 Å². The minimum absolute atomic E-state index is 0.0274. The van der Waals surface area contributed by atoms with E-state index in [1.54, 1.807) is 4.90 Å². The molecule has 3 amide bonds. The zero-order valence-electron chi connectivity index (χ0n) is 9.18. The molecule has 0 saturated carbocycles. The maximum atomic E-state index is 12.2. The number of imide groups is 1. The van der Waals surface area contributed by atoms with Crippen molar-refractivity contribution >= 4 is 17.7 Å². The summed E-state index contributed by atoms with van der Waals surface area (Å²) < 4.78 is 0. The molecule has 3 aliphatic heterocycles. The number of carbonyl (C=O) groups excluding carboxylic acids is 3. The van der Waals surface area contributed by atoms with E-state index < -0.39 is 6.04 Å². The average molecular weight is 222 g/mol. The van der Waals surface area contributed by atoms with Crippen LogP contribution in [0.3, 0.4) is 0 Å². The highest BCUT2D eigenvalue weighted by Gasteiger charge is 2.54. The number of rotatable bonds is 0. The van der Waals surface area contributed by atoms with Gasteiger partial charge in [0.2, 0.25) is 11.8 Å². The van der Waals surface area contributed by atoms with E-state index in [0.29, 0.717) is 19.3 Å². The SMILES string of the molecule is CC1CCC2C(=O)N3C(=O)CCC3C(=O)N12. The normalized spacial score (nSPS) is 38.1. The molecule has 5 nitrogen and oxygen atoms in total. The van der Waals surface area contributed by atoms with Gasteiger partial charge in [-0.1, -0.05) is 0 Å². The largest absolute Gasteiger partial charge is 0.326 e.